The molecule has 20 heavy (non-hydrogen) atoms. The van der Waals surface area contributed by atoms with Crippen molar-refractivity contribution in [3.8, 4) is 0 Å². The second-order valence-corrected chi connectivity index (χ2v) is 7.16. The largest absolute Gasteiger partial charge is 0.354 e. The van der Waals surface area contributed by atoms with E-state index in [1.54, 1.807) is 0 Å². The minimum Gasteiger partial charge on any atom is -0.354 e. The molecule has 1 aromatic rings. The van der Waals surface area contributed by atoms with Crippen LogP contribution in [0.1, 0.15) is 26.3 Å². The summed E-state index contributed by atoms with van der Waals surface area (Å²) in [6, 6.07) is 8.43. The highest BCUT2D eigenvalue weighted by molar-refractivity contribution is 8.00. The number of nitrogens with one attached hydrogen (secondary N) is 2. The summed E-state index contributed by atoms with van der Waals surface area (Å²) >= 11 is 1.91. The van der Waals surface area contributed by atoms with E-state index in [0.29, 0.717) is 11.2 Å². The Hall–Kier alpha value is -1.00. The van der Waals surface area contributed by atoms with Crippen LogP contribution in [0.15, 0.2) is 29.2 Å². The highest BCUT2D eigenvalue weighted by atomic mass is 32.2. The fraction of sp³-hybridized carbons (Fsp3) is 0.562. The molecule has 0 spiro atoms. The monoisotopic (exact) mass is 292 g/mol. The highest BCUT2D eigenvalue weighted by Gasteiger charge is 2.22. The summed E-state index contributed by atoms with van der Waals surface area (Å²) in [7, 11) is 0. The lowest BCUT2D eigenvalue weighted by Crippen LogP contribution is -2.45. The first-order valence-corrected chi connectivity index (χ1v) is 8.20. The van der Waals surface area contributed by atoms with Crippen molar-refractivity contribution in [1.29, 1.82) is 0 Å². The Balaban J connectivity index is 1.72. The molecule has 0 saturated heterocycles. The van der Waals surface area contributed by atoms with E-state index in [2.05, 4.69) is 48.7 Å². The summed E-state index contributed by atoms with van der Waals surface area (Å²) in [4.78, 5) is 13.3. The molecule has 1 heterocycles. The predicted octanol–water partition coefficient (Wildman–Crippen LogP) is 2.45. The molecular formula is C16H24N2OS. The number of carbonyl (C=O) groups is 1. The lowest BCUT2D eigenvalue weighted by molar-refractivity contribution is -0.122. The number of benzene rings is 1. The molecule has 1 aromatic carbocycles. The molecule has 2 rings (SSSR count). The van der Waals surface area contributed by atoms with Crippen LogP contribution < -0.4 is 10.6 Å². The van der Waals surface area contributed by atoms with Crippen molar-refractivity contribution in [1.82, 2.24) is 10.6 Å². The van der Waals surface area contributed by atoms with Gasteiger partial charge in [-0.3, -0.25) is 4.79 Å². The molecule has 2 atom stereocenters. The third-order valence-electron chi connectivity index (χ3n) is 3.44. The van der Waals surface area contributed by atoms with Crippen molar-refractivity contribution >= 4 is 17.7 Å². The van der Waals surface area contributed by atoms with Crippen LogP contribution in [0.3, 0.4) is 0 Å². The predicted molar refractivity (Wildman–Crippen MR) is 85.1 cm³/mol. The third kappa shape index (κ3) is 4.25. The van der Waals surface area contributed by atoms with E-state index in [1.165, 1.54) is 10.5 Å². The minimum atomic E-state index is -0.127. The van der Waals surface area contributed by atoms with Gasteiger partial charge in [-0.25, -0.2) is 0 Å². The number of carbonyl (C=O) groups excluding carboxylic acids is 1. The lowest BCUT2D eigenvalue weighted by Gasteiger charge is -2.17. The number of thioether (sulfide) groups is 1. The van der Waals surface area contributed by atoms with Gasteiger partial charge in [0.2, 0.25) is 5.91 Å². The van der Waals surface area contributed by atoms with Crippen LogP contribution in [0.25, 0.3) is 0 Å². The van der Waals surface area contributed by atoms with E-state index in [4.69, 9.17) is 0 Å². The molecule has 0 radical (unpaired) electrons. The first-order chi connectivity index (χ1) is 9.56. The quantitative estimate of drug-likeness (QED) is 0.846. The van der Waals surface area contributed by atoms with Crippen molar-refractivity contribution in [2.75, 3.05) is 13.1 Å². The SMILES string of the molecule is CC(C)CNC(=O)C(C)NCC1Cc2ccccc2S1. The molecule has 0 bridgehead atoms. The molecule has 1 amide bonds. The molecule has 0 aromatic heterocycles. The lowest BCUT2D eigenvalue weighted by atomic mass is 10.1. The van der Waals surface area contributed by atoms with Crippen molar-refractivity contribution in [3.63, 3.8) is 0 Å². The van der Waals surface area contributed by atoms with E-state index in [1.807, 2.05) is 18.7 Å². The molecule has 0 saturated carbocycles. The van der Waals surface area contributed by atoms with Crippen molar-refractivity contribution in [2.24, 2.45) is 5.92 Å². The van der Waals surface area contributed by atoms with Gasteiger partial charge in [-0.2, -0.15) is 0 Å². The molecular weight excluding hydrogens is 268 g/mol. The van der Waals surface area contributed by atoms with Crippen LogP contribution in [0.4, 0.5) is 0 Å². The average molecular weight is 292 g/mol. The number of fused-ring (bicyclic) bond motifs is 1. The summed E-state index contributed by atoms with van der Waals surface area (Å²) < 4.78 is 0. The van der Waals surface area contributed by atoms with E-state index in [-0.39, 0.29) is 11.9 Å². The highest BCUT2D eigenvalue weighted by Crippen LogP contribution is 2.36. The van der Waals surface area contributed by atoms with Gasteiger partial charge in [0.1, 0.15) is 0 Å². The van der Waals surface area contributed by atoms with Gasteiger partial charge >= 0.3 is 0 Å². The van der Waals surface area contributed by atoms with E-state index >= 15 is 0 Å². The number of amides is 1. The summed E-state index contributed by atoms with van der Waals surface area (Å²) in [5.74, 6) is 0.588. The molecule has 1 aliphatic rings. The Bertz CT molecular complexity index is 437. The van der Waals surface area contributed by atoms with Gasteiger partial charge in [-0.1, -0.05) is 32.0 Å². The molecule has 4 heteroatoms. The van der Waals surface area contributed by atoms with Crippen LogP contribution in [0.2, 0.25) is 0 Å². The number of hydrogen-bond donors (Lipinski definition) is 2. The van der Waals surface area contributed by atoms with Crippen molar-refractivity contribution in [2.45, 2.75) is 43.4 Å². The zero-order chi connectivity index (χ0) is 14.5. The van der Waals surface area contributed by atoms with Crippen LogP contribution in [-0.2, 0) is 11.2 Å². The summed E-state index contributed by atoms with van der Waals surface area (Å²) in [5, 5.41) is 6.85. The molecule has 0 fully saturated rings. The van der Waals surface area contributed by atoms with E-state index < -0.39 is 0 Å². The Kier molecular flexibility index (Phi) is 5.49. The van der Waals surface area contributed by atoms with Gasteiger partial charge in [-0.15, -0.1) is 11.8 Å². The standard InChI is InChI=1S/C16H24N2OS/c1-11(2)9-18-16(19)12(3)17-10-14-8-13-6-4-5-7-15(13)20-14/h4-7,11-12,14,17H,8-10H2,1-3H3,(H,18,19). The van der Waals surface area contributed by atoms with Gasteiger partial charge in [0.05, 0.1) is 6.04 Å². The Morgan fingerprint density at radius 3 is 2.80 bits per heavy atom. The number of hydrogen-bond acceptors (Lipinski definition) is 3. The fourth-order valence-corrected chi connectivity index (χ4v) is 3.49. The average Bonchev–Trinajstić information content (AvgIpc) is 2.84. The minimum absolute atomic E-state index is 0.0965. The molecule has 0 aliphatic carbocycles. The fourth-order valence-electron chi connectivity index (χ4n) is 2.23. The maximum atomic E-state index is 11.9. The smallest absolute Gasteiger partial charge is 0.236 e. The first kappa shape index (κ1) is 15.4. The maximum Gasteiger partial charge on any atom is 0.236 e. The van der Waals surface area contributed by atoms with Crippen LogP contribution in [0.5, 0.6) is 0 Å². The van der Waals surface area contributed by atoms with Crippen molar-refractivity contribution in [3.05, 3.63) is 29.8 Å². The van der Waals surface area contributed by atoms with E-state index in [9.17, 15) is 4.79 Å². The summed E-state index contributed by atoms with van der Waals surface area (Å²) in [5.41, 5.74) is 1.43. The van der Waals surface area contributed by atoms with Gasteiger partial charge in [0.25, 0.3) is 0 Å². The summed E-state index contributed by atoms with van der Waals surface area (Å²) in [6.07, 6.45) is 1.09. The number of rotatable bonds is 6. The van der Waals surface area contributed by atoms with Crippen LogP contribution in [-0.4, -0.2) is 30.3 Å². The molecule has 2 N–H and O–H groups in total. The molecule has 3 nitrogen and oxygen atoms in total. The Morgan fingerprint density at radius 2 is 2.10 bits per heavy atom. The molecule has 1 aliphatic heterocycles. The summed E-state index contributed by atoms with van der Waals surface area (Å²) in [6.45, 7) is 7.75. The zero-order valence-electron chi connectivity index (χ0n) is 12.5. The van der Waals surface area contributed by atoms with Gasteiger partial charge in [0, 0.05) is 23.2 Å². The second kappa shape index (κ2) is 7.14. The Morgan fingerprint density at radius 1 is 1.35 bits per heavy atom. The Labute approximate surface area is 125 Å². The van der Waals surface area contributed by atoms with Crippen LogP contribution >= 0.6 is 11.8 Å². The zero-order valence-corrected chi connectivity index (χ0v) is 13.3. The van der Waals surface area contributed by atoms with Gasteiger partial charge in [-0.05, 0) is 30.9 Å². The van der Waals surface area contributed by atoms with Gasteiger partial charge < -0.3 is 10.6 Å². The molecule has 110 valence electrons. The molecule has 2 unspecified atom stereocenters. The van der Waals surface area contributed by atoms with E-state index in [0.717, 1.165) is 19.5 Å². The van der Waals surface area contributed by atoms with Gasteiger partial charge in [0.15, 0.2) is 0 Å². The second-order valence-electron chi connectivity index (χ2n) is 5.82. The van der Waals surface area contributed by atoms with Crippen molar-refractivity contribution < 1.29 is 4.79 Å². The normalized spacial score (nSPS) is 18.9. The third-order valence-corrected chi connectivity index (χ3v) is 4.76. The first-order valence-electron chi connectivity index (χ1n) is 7.32. The maximum absolute atomic E-state index is 11.9. The van der Waals surface area contributed by atoms with Crippen LogP contribution in [0, 0.1) is 5.92 Å². The topological polar surface area (TPSA) is 41.1 Å².